The highest BCUT2D eigenvalue weighted by atomic mass is 16.5. The zero-order valence-electron chi connectivity index (χ0n) is 14.1. The standard InChI is InChI=1S/C20H26O3/c1-3-17-11-5-6-12-18(17)22-15-9-10-16-23-20-14-8-7-13-19(20)21-4-2/h5-8,11-14H,3-4,9-10,15-16H2,1-2H3. The third kappa shape index (κ3) is 5.51. The highest BCUT2D eigenvalue weighted by molar-refractivity contribution is 5.39. The van der Waals surface area contributed by atoms with Gasteiger partial charge in [-0.15, -0.1) is 0 Å². The second kappa shape index (κ2) is 9.78. The van der Waals surface area contributed by atoms with Gasteiger partial charge < -0.3 is 14.2 Å². The Balaban J connectivity index is 1.68. The van der Waals surface area contributed by atoms with E-state index in [1.165, 1.54) is 5.56 Å². The molecule has 3 nitrogen and oxygen atoms in total. The van der Waals surface area contributed by atoms with Gasteiger partial charge in [-0.25, -0.2) is 0 Å². The molecule has 0 aliphatic rings. The van der Waals surface area contributed by atoms with E-state index in [-0.39, 0.29) is 0 Å². The van der Waals surface area contributed by atoms with Crippen LogP contribution < -0.4 is 14.2 Å². The molecule has 2 aromatic carbocycles. The van der Waals surface area contributed by atoms with Crippen LogP contribution in [0.5, 0.6) is 17.2 Å². The van der Waals surface area contributed by atoms with Gasteiger partial charge in [-0.2, -0.15) is 0 Å². The summed E-state index contributed by atoms with van der Waals surface area (Å²) >= 11 is 0. The maximum absolute atomic E-state index is 5.86. The minimum atomic E-state index is 0.644. The molecule has 0 radical (unpaired) electrons. The van der Waals surface area contributed by atoms with E-state index >= 15 is 0 Å². The number of hydrogen-bond donors (Lipinski definition) is 0. The van der Waals surface area contributed by atoms with E-state index in [1.54, 1.807) is 0 Å². The Morgan fingerprint density at radius 2 is 1.17 bits per heavy atom. The Morgan fingerprint density at radius 1 is 0.652 bits per heavy atom. The van der Waals surface area contributed by atoms with Crippen molar-refractivity contribution in [1.82, 2.24) is 0 Å². The van der Waals surface area contributed by atoms with Crippen molar-refractivity contribution in [3.63, 3.8) is 0 Å². The molecule has 124 valence electrons. The average molecular weight is 314 g/mol. The lowest BCUT2D eigenvalue weighted by Gasteiger charge is -2.12. The lowest BCUT2D eigenvalue weighted by Crippen LogP contribution is -2.04. The SMILES string of the molecule is CCOc1ccccc1OCCCCOc1ccccc1CC. The van der Waals surface area contributed by atoms with E-state index in [1.807, 2.05) is 43.3 Å². The normalized spacial score (nSPS) is 10.3. The highest BCUT2D eigenvalue weighted by Crippen LogP contribution is 2.26. The van der Waals surface area contributed by atoms with Crippen LogP contribution in [-0.4, -0.2) is 19.8 Å². The molecule has 0 spiro atoms. The topological polar surface area (TPSA) is 27.7 Å². The van der Waals surface area contributed by atoms with Gasteiger partial charge in [0.1, 0.15) is 5.75 Å². The molecule has 0 unspecified atom stereocenters. The summed E-state index contributed by atoms with van der Waals surface area (Å²) in [5, 5.41) is 0. The first-order valence-electron chi connectivity index (χ1n) is 8.40. The Bertz CT molecular complexity index is 581. The van der Waals surface area contributed by atoms with Crippen LogP contribution in [0.4, 0.5) is 0 Å². The lowest BCUT2D eigenvalue weighted by molar-refractivity contribution is 0.251. The third-order valence-electron chi connectivity index (χ3n) is 3.56. The number of benzene rings is 2. The molecule has 0 fully saturated rings. The van der Waals surface area contributed by atoms with Crippen LogP contribution in [0.3, 0.4) is 0 Å². The minimum Gasteiger partial charge on any atom is -0.493 e. The second-order valence-electron chi connectivity index (χ2n) is 5.25. The van der Waals surface area contributed by atoms with Crippen molar-refractivity contribution in [2.24, 2.45) is 0 Å². The van der Waals surface area contributed by atoms with E-state index in [0.29, 0.717) is 19.8 Å². The minimum absolute atomic E-state index is 0.644. The van der Waals surface area contributed by atoms with E-state index in [0.717, 1.165) is 36.5 Å². The zero-order valence-corrected chi connectivity index (χ0v) is 14.1. The monoisotopic (exact) mass is 314 g/mol. The second-order valence-corrected chi connectivity index (χ2v) is 5.25. The van der Waals surface area contributed by atoms with Crippen LogP contribution in [-0.2, 0) is 6.42 Å². The molecular formula is C20H26O3. The number of ether oxygens (including phenoxy) is 3. The first-order valence-corrected chi connectivity index (χ1v) is 8.40. The van der Waals surface area contributed by atoms with Gasteiger partial charge in [-0.1, -0.05) is 37.3 Å². The van der Waals surface area contributed by atoms with Crippen molar-refractivity contribution >= 4 is 0 Å². The molecule has 0 saturated heterocycles. The predicted molar refractivity (Wildman–Crippen MR) is 93.7 cm³/mol. The molecule has 0 bridgehead atoms. The number of hydrogen-bond acceptors (Lipinski definition) is 3. The lowest BCUT2D eigenvalue weighted by atomic mass is 10.1. The molecule has 0 aliphatic carbocycles. The summed E-state index contributed by atoms with van der Waals surface area (Å²) in [6.07, 6.45) is 2.91. The fourth-order valence-electron chi connectivity index (χ4n) is 2.35. The van der Waals surface area contributed by atoms with Crippen LogP contribution in [0.2, 0.25) is 0 Å². The smallest absolute Gasteiger partial charge is 0.161 e. The summed E-state index contributed by atoms with van der Waals surface area (Å²) in [6, 6.07) is 16.0. The van der Waals surface area contributed by atoms with E-state index < -0.39 is 0 Å². The van der Waals surface area contributed by atoms with Crippen molar-refractivity contribution in [1.29, 1.82) is 0 Å². The van der Waals surface area contributed by atoms with Gasteiger partial charge in [0, 0.05) is 0 Å². The summed E-state index contributed by atoms with van der Waals surface area (Å²) < 4.78 is 17.2. The van der Waals surface area contributed by atoms with E-state index in [4.69, 9.17) is 14.2 Å². The molecule has 0 aliphatic heterocycles. The first-order chi connectivity index (χ1) is 11.3. The summed E-state index contributed by atoms with van der Waals surface area (Å²) in [4.78, 5) is 0. The van der Waals surface area contributed by atoms with Crippen molar-refractivity contribution in [3.8, 4) is 17.2 Å². The van der Waals surface area contributed by atoms with Crippen molar-refractivity contribution in [2.75, 3.05) is 19.8 Å². The number of para-hydroxylation sites is 3. The molecule has 0 aromatic heterocycles. The van der Waals surface area contributed by atoms with Gasteiger partial charge in [0.2, 0.25) is 0 Å². The maximum Gasteiger partial charge on any atom is 0.161 e. The van der Waals surface area contributed by atoms with Gasteiger partial charge in [-0.3, -0.25) is 0 Å². The summed E-state index contributed by atoms with van der Waals surface area (Å²) in [5.41, 5.74) is 1.26. The Kier molecular flexibility index (Phi) is 7.31. The molecule has 23 heavy (non-hydrogen) atoms. The van der Waals surface area contributed by atoms with E-state index in [2.05, 4.69) is 19.1 Å². The number of unbranched alkanes of at least 4 members (excludes halogenated alkanes) is 1. The summed E-state index contributed by atoms with van der Waals surface area (Å²) in [7, 11) is 0. The number of aryl methyl sites for hydroxylation is 1. The Morgan fingerprint density at radius 3 is 1.78 bits per heavy atom. The molecule has 3 heteroatoms. The van der Waals surface area contributed by atoms with Crippen LogP contribution in [0, 0.1) is 0 Å². The fraction of sp³-hybridized carbons (Fsp3) is 0.400. The zero-order chi connectivity index (χ0) is 16.3. The summed E-state index contributed by atoms with van der Waals surface area (Å²) in [6.45, 7) is 6.15. The van der Waals surface area contributed by atoms with Crippen LogP contribution in [0.25, 0.3) is 0 Å². The molecule has 0 saturated carbocycles. The molecule has 0 N–H and O–H groups in total. The van der Waals surface area contributed by atoms with Gasteiger partial charge in [-0.05, 0) is 49.9 Å². The summed E-state index contributed by atoms with van der Waals surface area (Å²) in [5.74, 6) is 2.62. The quantitative estimate of drug-likeness (QED) is 0.585. The van der Waals surface area contributed by atoms with Crippen LogP contribution in [0.1, 0.15) is 32.3 Å². The number of rotatable bonds is 10. The first kappa shape index (κ1) is 17.2. The van der Waals surface area contributed by atoms with Gasteiger partial charge in [0.25, 0.3) is 0 Å². The molecule has 0 heterocycles. The van der Waals surface area contributed by atoms with Crippen molar-refractivity contribution < 1.29 is 14.2 Å². The molecule has 2 rings (SSSR count). The third-order valence-corrected chi connectivity index (χ3v) is 3.56. The van der Waals surface area contributed by atoms with E-state index in [9.17, 15) is 0 Å². The Hall–Kier alpha value is -2.16. The van der Waals surface area contributed by atoms with Crippen molar-refractivity contribution in [2.45, 2.75) is 33.1 Å². The highest BCUT2D eigenvalue weighted by Gasteiger charge is 2.03. The fourth-order valence-corrected chi connectivity index (χ4v) is 2.35. The molecule has 2 aromatic rings. The van der Waals surface area contributed by atoms with Gasteiger partial charge >= 0.3 is 0 Å². The largest absolute Gasteiger partial charge is 0.493 e. The molecule has 0 atom stereocenters. The van der Waals surface area contributed by atoms with Gasteiger partial charge in [0.15, 0.2) is 11.5 Å². The molecule has 0 amide bonds. The molecular weight excluding hydrogens is 288 g/mol. The van der Waals surface area contributed by atoms with Crippen LogP contribution in [0.15, 0.2) is 48.5 Å². The van der Waals surface area contributed by atoms with Crippen LogP contribution >= 0.6 is 0 Å². The van der Waals surface area contributed by atoms with Crippen molar-refractivity contribution in [3.05, 3.63) is 54.1 Å². The average Bonchev–Trinajstić information content (AvgIpc) is 2.60. The Labute approximate surface area is 139 Å². The van der Waals surface area contributed by atoms with Gasteiger partial charge in [0.05, 0.1) is 19.8 Å². The predicted octanol–water partition coefficient (Wildman–Crippen LogP) is 4.89. The maximum atomic E-state index is 5.86.